The Kier molecular flexibility index (Phi) is 6.84. The van der Waals surface area contributed by atoms with Crippen LogP contribution < -0.4 is 5.73 Å². The fourth-order valence-electron chi connectivity index (χ4n) is 3.22. The van der Waals surface area contributed by atoms with Crippen molar-refractivity contribution in [3.05, 3.63) is 41.4 Å². The molecule has 1 aliphatic rings. The smallest absolute Gasteiger partial charge is 0.138 e. The molecule has 0 saturated carbocycles. The fraction of sp³-hybridized carbons (Fsp3) is 0.500. The molecule has 0 aliphatic carbocycles. The van der Waals surface area contributed by atoms with Crippen molar-refractivity contribution in [2.24, 2.45) is 11.7 Å². The molecule has 1 unspecified atom stereocenters. The van der Waals surface area contributed by atoms with Crippen LogP contribution in [0.1, 0.15) is 24.8 Å². The Bertz CT molecular complexity index is 601. The Morgan fingerprint density at radius 2 is 2.22 bits per heavy atom. The predicted molar refractivity (Wildman–Crippen MR) is 95.3 cm³/mol. The summed E-state index contributed by atoms with van der Waals surface area (Å²) in [6, 6.07) is 5.98. The number of aromatic nitrogens is 3. The second-order valence-corrected chi connectivity index (χ2v) is 6.37. The molecule has 1 atom stereocenters. The Hall–Kier alpha value is -1.14. The van der Waals surface area contributed by atoms with Crippen molar-refractivity contribution >= 4 is 24.0 Å². The molecule has 3 rings (SSSR count). The molecule has 0 radical (unpaired) electrons. The summed E-state index contributed by atoms with van der Waals surface area (Å²) in [5.41, 5.74) is 7.94. The van der Waals surface area contributed by atoms with E-state index in [9.17, 15) is 0 Å². The summed E-state index contributed by atoms with van der Waals surface area (Å²) in [5, 5.41) is 4.95. The quantitative estimate of drug-likeness (QED) is 0.895. The molecular formula is C16H23Cl2N5. The molecule has 23 heavy (non-hydrogen) atoms. The van der Waals surface area contributed by atoms with Crippen molar-refractivity contribution in [2.75, 3.05) is 19.6 Å². The van der Waals surface area contributed by atoms with Crippen LogP contribution >= 0.6 is 24.0 Å². The van der Waals surface area contributed by atoms with Crippen LogP contribution in [0.4, 0.5) is 0 Å². The highest BCUT2D eigenvalue weighted by Crippen LogP contribution is 2.24. The van der Waals surface area contributed by atoms with Gasteiger partial charge >= 0.3 is 0 Å². The van der Waals surface area contributed by atoms with E-state index in [0.29, 0.717) is 5.02 Å². The number of rotatable bonds is 5. The van der Waals surface area contributed by atoms with E-state index in [1.807, 2.05) is 12.1 Å². The zero-order chi connectivity index (χ0) is 15.4. The molecule has 1 aromatic heterocycles. The molecule has 126 valence electrons. The summed E-state index contributed by atoms with van der Waals surface area (Å²) in [5.74, 6) is 0.723. The van der Waals surface area contributed by atoms with Crippen molar-refractivity contribution in [1.82, 2.24) is 19.7 Å². The minimum atomic E-state index is 0. The molecule has 7 heteroatoms. The monoisotopic (exact) mass is 355 g/mol. The Morgan fingerprint density at radius 3 is 2.96 bits per heavy atom. The molecule has 1 fully saturated rings. The lowest BCUT2D eigenvalue weighted by molar-refractivity contribution is 0.163. The van der Waals surface area contributed by atoms with Crippen LogP contribution in [-0.4, -0.2) is 39.3 Å². The summed E-state index contributed by atoms with van der Waals surface area (Å²) in [4.78, 5) is 6.54. The van der Waals surface area contributed by atoms with Gasteiger partial charge in [0.2, 0.25) is 0 Å². The van der Waals surface area contributed by atoms with E-state index < -0.39 is 0 Å². The van der Waals surface area contributed by atoms with Gasteiger partial charge in [-0.3, -0.25) is 4.90 Å². The summed E-state index contributed by atoms with van der Waals surface area (Å²) in [7, 11) is 0. The lowest BCUT2D eigenvalue weighted by atomic mass is 9.94. The molecule has 1 saturated heterocycles. The maximum atomic E-state index is 6.15. The highest BCUT2D eigenvalue weighted by molar-refractivity contribution is 6.30. The van der Waals surface area contributed by atoms with Gasteiger partial charge in [-0.25, -0.2) is 9.67 Å². The van der Waals surface area contributed by atoms with Crippen LogP contribution in [0.25, 0.3) is 5.69 Å². The largest absolute Gasteiger partial charge is 0.330 e. The van der Waals surface area contributed by atoms with Gasteiger partial charge in [0.15, 0.2) is 0 Å². The third-order valence-electron chi connectivity index (χ3n) is 4.28. The van der Waals surface area contributed by atoms with E-state index in [4.69, 9.17) is 17.3 Å². The molecule has 2 aromatic rings. The van der Waals surface area contributed by atoms with Crippen LogP contribution in [-0.2, 0) is 6.54 Å². The van der Waals surface area contributed by atoms with E-state index in [1.165, 1.54) is 18.4 Å². The maximum absolute atomic E-state index is 6.15. The Labute approximate surface area is 148 Å². The van der Waals surface area contributed by atoms with Gasteiger partial charge in [0.1, 0.15) is 12.7 Å². The minimum absolute atomic E-state index is 0. The van der Waals surface area contributed by atoms with E-state index in [2.05, 4.69) is 21.0 Å². The Balaban J connectivity index is 0.00000192. The lowest BCUT2D eigenvalue weighted by Gasteiger charge is -2.33. The van der Waals surface area contributed by atoms with Crippen molar-refractivity contribution in [3.63, 3.8) is 0 Å². The van der Waals surface area contributed by atoms with Gasteiger partial charge in [0.25, 0.3) is 0 Å². The number of hydrogen-bond acceptors (Lipinski definition) is 4. The van der Waals surface area contributed by atoms with E-state index >= 15 is 0 Å². The second kappa shape index (κ2) is 8.64. The standard InChI is InChI=1S/C16H22ClN5.ClH/c17-15-4-3-14(16(8-15)22-12-19-11-20-22)10-21-7-1-2-13(9-21)5-6-18;/h3-4,8,11-13H,1-2,5-7,9-10,18H2;1H. The van der Waals surface area contributed by atoms with Crippen molar-refractivity contribution in [3.8, 4) is 5.69 Å². The number of nitrogens with zero attached hydrogens (tertiary/aromatic N) is 4. The second-order valence-electron chi connectivity index (χ2n) is 5.93. The molecule has 0 bridgehead atoms. The third-order valence-corrected chi connectivity index (χ3v) is 4.52. The van der Waals surface area contributed by atoms with Gasteiger partial charge in [-0.2, -0.15) is 5.10 Å². The summed E-state index contributed by atoms with van der Waals surface area (Å²) >= 11 is 6.15. The molecule has 2 heterocycles. The molecule has 0 spiro atoms. The van der Waals surface area contributed by atoms with E-state index in [0.717, 1.165) is 44.2 Å². The first-order chi connectivity index (χ1) is 10.8. The zero-order valence-electron chi connectivity index (χ0n) is 13.1. The molecule has 1 aromatic carbocycles. The van der Waals surface area contributed by atoms with Gasteiger partial charge in [-0.1, -0.05) is 17.7 Å². The molecule has 0 amide bonds. The SMILES string of the molecule is Cl.NCCC1CCCN(Cc2ccc(Cl)cc2-n2cncn2)C1. The molecule has 2 N–H and O–H groups in total. The number of nitrogens with two attached hydrogens (primary N) is 1. The maximum Gasteiger partial charge on any atom is 0.138 e. The van der Waals surface area contributed by atoms with Gasteiger partial charge in [0.05, 0.1) is 5.69 Å². The van der Waals surface area contributed by atoms with E-state index in [-0.39, 0.29) is 12.4 Å². The van der Waals surface area contributed by atoms with Crippen molar-refractivity contribution in [1.29, 1.82) is 0 Å². The fourth-order valence-corrected chi connectivity index (χ4v) is 3.39. The highest BCUT2D eigenvalue weighted by atomic mass is 35.5. The van der Waals surface area contributed by atoms with Gasteiger partial charge in [-0.05, 0) is 56.0 Å². The normalized spacial score (nSPS) is 18.6. The highest BCUT2D eigenvalue weighted by Gasteiger charge is 2.20. The van der Waals surface area contributed by atoms with Crippen molar-refractivity contribution in [2.45, 2.75) is 25.8 Å². The van der Waals surface area contributed by atoms with Crippen LogP contribution in [0.5, 0.6) is 0 Å². The number of hydrogen-bond donors (Lipinski definition) is 1. The first-order valence-corrected chi connectivity index (χ1v) is 8.20. The van der Waals surface area contributed by atoms with Gasteiger partial charge < -0.3 is 5.73 Å². The summed E-state index contributed by atoms with van der Waals surface area (Å²) in [6.07, 6.45) is 6.92. The van der Waals surface area contributed by atoms with Crippen LogP contribution in [0.2, 0.25) is 5.02 Å². The van der Waals surface area contributed by atoms with Gasteiger partial charge in [-0.15, -0.1) is 12.4 Å². The van der Waals surface area contributed by atoms with Crippen LogP contribution in [0, 0.1) is 5.92 Å². The average Bonchev–Trinajstić information content (AvgIpc) is 3.04. The first kappa shape index (κ1) is 18.2. The number of halogens is 2. The Morgan fingerprint density at radius 1 is 1.35 bits per heavy atom. The number of likely N-dealkylation sites (tertiary alicyclic amines) is 1. The van der Waals surface area contributed by atoms with Crippen molar-refractivity contribution < 1.29 is 0 Å². The topological polar surface area (TPSA) is 60.0 Å². The first-order valence-electron chi connectivity index (χ1n) is 7.82. The average molecular weight is 356 g/mol. The predicted octanol–water partition coefficient (Wildman–Crippen LogP) is 2.90. The molecule has 5 nitrogen and oxygen atoms in total. The number of benzene rings is 1. The van der Waals surface area contributed by atoms with Crippen LogP contribution in [0.15, 0.2) is 30.9 Å². The summed E-state index contributed by atoms with van der Waals surface area (Å²) < 4.78 is 1.78. The minimum Gasteiger partial charge on any atom is -0.330 e. The lowest BCUT2D eigenvalue weighted by Crippen LogP contribution is -2.35. The molecular weight excluding hydrogens is 333 g/mol. The van der Waals surface area contributed by atoms with Gasteiger partial charge in [0, 0.05) is 18.1 Å². The van der Waals surface area contributed by atoms with E-state index in [1.54, 1.807) is 17.3 Å². The van der Waals surface area contributed by atoms with Crippen LogP contribution in [0.3, 0.4) is 0 Å². The summed E-state index contributed by atoms with van der Waals surface area (Å²) in [6.45, 7) is 3.95. The molecule has 1 aliphatic heterocycles. The third kappa shape index (κ3) is 4.67. The zero-order valence-corrected chi connectivity index (χ0v) is 14.6. The number of piperidine rings is 1.